The molecule has 4 N–H and O–H groups in total. The standard InChI is InChI=1S/C12H11N3O2/c13-9-5-3-7-14-11(9)15-10-6-2-1-4-8(10)12(16)17/h1-7H,13H2,(H,14,15)(H,16,17). The van der Waals surface area contributed by atoms with Crippen LogP contribution < -0.4 is 11.1 Å². The van der Waals surface area contributed by atoms with Gasteiger partial charge in [0.1, 0.15) is 0 Å². The summed E-state index contributed by atoms with van der Waals surface area (Å²) in [7, 11) is 0. The van der Waals surface area contributed by atoms with Crippen LogP contribution in [0.5, 0.6) is 0 Å². The highest BCUT2D eigenvalue weighted by atomic mass is 16.4. The van der Waals surface area contributed by atoms with E-state index in [2.05, 4.69) is 10.3 Å². The molecule has 17 heavy (non-hydrogen) atoms. The molecule has 0 amide bonds. The Balaban J connectivity index is 2.37. The molecule has 1 heterocycles. The molecular weight excluding hydrogens is 218 g/mol. The van der Waals surface area contributed by atoms with Gasteiger partial charge in [0.05, 0.1) is 16.9 Å². The number of para-hydroxylation sites is 1. The van der Waals surface area contributed by atoms with Crippen LogP contribution in [0.15, 0.2) is 42.6 Å². The molecule has 0 saturated heterocycles. The van der Waals surface area contributed by atoms with E-state index in [1.54, 1.807) is 36.5 Å². The fraction of sp³-hybridized carbons (Fsp3) is 0. The highest BCUT2D eigenvalue weighted by Gasteiger charge is 2.10. The fourth-order valence-electron chi connectivity index (χ4n) is 1.43. The molecule has 0 saturated carbocycles. The van der Waals surface area contributed by atoms with E-state index in [9.17, 15) is 4.79 Å². The van der Waals surface area contributed by atoms with E-state index in [0.29, 0.717) is 17.2 Å². The molecule has 0 radical (unpaired) electrons. The summed E-state index contributed by atoms with van der Waals surface area (Å²) in [5, 5.41) is 11.9. The summed E-state index contributed by atoms with van der Waals surface area (Å²) in [5.74, 6) is -0.552. The molecule has 0 aliphatic carbocycles. The number of hydrogen-bond acceptors (Lipinski definition) is 4. The van der Waals surface area contributed by atoms with Crippen LogP contribution in [0.2, 0.25) is 0 Å². The zero-order chi connectivity index (χ0) is 12.3. The second-order valence-corrected chi connectivity index (χ2v) is 3.42. The maximum atomic E-state index is 11.0. The van der Waals surface area contributed by atoms with Gasteiger partial charge in [-0.2, -0.15) is 0 Å². The number of nitrogens with two attached hydrogens (primary N) is 1. The lowest BCUT2D eigenvalue weighted by Crippen LogP contribution is -2.04. The SMILES string of the molecule is Nc1cccnc1Nc1ccccc1C(=O)O. The Morgan fingerprint density at radius 2 is 2.00 bits per heavy atom. The van der Waals surface area contributed by atoms with Crippen LogP contribution in [0.25, 0.3) is 0 Å². The number of nitrogen functional groups attached to an aromatic ring is 1. The third-order valence-corrected chi connectivity index (χ3v) is 2.25. The summed E-state index contributed by atoms with van der Waals surface area (Å²) in [4.78, 5) is 15.1. The number of carboxylic acids is 1. The molecule has 1 aromatic carbocycles. The lowest BCUT2D eigenvalue weighted by molar-refractivity contribution is 0.0698. The van der Waals surface area contributed by atoms with Crippen molar-refractivity contribution in [2.45, 2.75) is 0 Å². The smallest absolute Gasteiger partial charge is 0.337 e. The third-order valence-electron chi connectivity index (χ3n) is 2.25. The van der Waals surface area contributed by atoms with E-state index in [4.69, 9.17) is 10.8 Å². The van der Waals surface area contributed by atoms with Crippen LogP contribution in [0, 0.1) is 0 Å². The first kappa shape index (κ1) is 10.9. The van der Waals surface area contributed by atoms with Crippen molar-refractivity contribution in [3.8, 4) is 0 Å². The van der Waals surface area contributed by atoms with Gasteiger partial charge in [0, 0.05) is 6.20 Å². The third kappa shape index (κ3) is 2.34. The average Bonchev–Trinajstić information content (AvgIpc) is 2.32. The highest BCUT2D eigenvalue weighted by Crippen LogP contribution is 2.22. The predicted octanol–water partition coefficient (Wildman–Crippen LogP) is 2.11. The molecule has 5 heteroatoms. The van der Waals surface area contributed by atoms with Gasteiger partial charge in [0.25, 0.3) is 0 Å². The van der Waals surface area contributed by atoms with Crippen molar-refractivity contribution in [1.29, 1.82) is 0 Å². The minimum Gasteiger partial charge on any atom is -0.478 e. The van der Waals surface area contributed by atoms with Crippen LogP contribution in [0.3, 0.4) is 0 Å². The number of rotatable bonds is 3. The number of carbonyl (C=O) groups is 1. The van der Waals surface area contributed by atoms with E-state index in [-0.39, 0.29) is 5.56 Å². The highest BCUT2D eigenvalue weighted by molar-refractivity contribution is 5.95. The predicted molar refractivity (Wildman–Crippen MR) is 65.3 cm³/mol. The van der Waals surface area contributed by atoms with Gasteiger partial charge < -0.3 is 16.2 Å². The number of anilines is 3. The van der Waals surface area contributed by atoms with Gasteiger partial charge in [0.2, 0.25) is 0 Å². The first-order valence-corrected chi connectivity index (χ1v) is 4.98. The first-order valence-electron chi connectivity index (χ1n) is 4.98. The molecule has 2 rings (SSSR count). The van der Waals surface area contributed by atoms with Crippen molar-refractivity contribution < 1.29 is 9.90 Å². The summed E-state index contributed by atoms with van der Waals surface area (Å²) in [6, 6.07) is 9.99. The van der Waals surface area contributed by atoms with Crippen molar-refractivity contribution in [1.82, 2.24) is 4.98 Å². The molecule has 0 fully saturated rings. The van der Waals surface area contributed by atoms with Gasteiger partial charge in [0.15, 0.2) is 5.82 Å². The zero-order valence-corrected chi connectivity index (χ0v) is 8.92. The van der Waals surface area contributed by atoms with Crippen LogP contribution in [0.1, 0.15) is 10.4 Å². The maximum absolute atomic E-state index is 11.0. The van der Waals surface area contributed by atoms with Crippen molar-refractivity contribution in [2.75, 3.05) is 11.1 Å². The van der Waals surface area contributed by atoms with Gasteiger partial charge in [-0.3, -0.25) is 0 Å². The van der Waals surface area contributed by atoms with Crippen LogP contribution in [-0.4, -0.2) is 16.1 Å². The zero-order valence-electron chi connectivity index (χ0n) is 8.92. The van der Waals surface area contributed by atoms with Crippen molar-refractivity contribution in [2.24, 2.45) is 0 Å². The van der Waals surface area contributed by atoms with Crippen molar-refractivity contribution in [3.63, 3.8) is 0 Å². The molecule has 2 aromatic rings. The molecule has 0 aliphatic rings. The Labute approximate surface area is 97.9 Å². The largest absolute Gasteiger partial charge is 0.478 e. The summed E-state index contributed by atoms with van der Waals surface area (Å²) < 4.78 is 0. The number of carboxylic acid groups (broad SMARTS) is 1. The summed E-state index contributed by atoms with van der Waals surface area (Å²) in [6.45, 7) is 0. The second-order valence-electron chi connectivity index (χ2n) is 3.42. The Hall–Kier alpha value is -2.56. The molecule has 0 atom stereocenters. The number of hydrogen-bond donors (Lipinski definition) is 3. The number of benzene rings is 1. The van der Waals surface area contributed by atoms with E-state index in [0.717, 1.165) is 0 Å². The number of nitrogens with zero attached hydrogens (tertiary/aromatic N) is 1. The number of nitrogens with one attached hydrogen (secondary N) is 1. The Kier molecular flexibility index (Phi) is 2.91. The van der Waals surface area contributed by atoms with Gasteiger partial charge in [-0.25, -0.2) is 9.78 Å². The van der Waals surface area contributed by atoms with Crippen LogP contribution in [-0.2, 0) is 0 Å². The fourth-order valence-corrected chi connectivity index (χ4v) is 1.43. The maximum Gasteiger partial charge on any atom is 0.337 e. The van der Waals surface area contributed by atoms with Crippen molar-refractivity contribution in [3.05, 3.63) is 48.2 Å². The molecule has 86 valence electrons. The van der Waals surface area contributed by atoms with E-state index < -0.39 is 5.97 Å². The Bertz CT molecular complexity index is 555. The second kappa shape index (κ2) is 4.52. The molecule has 0 aliphatic heterocycles. The normalized spacial score (nSPS) is 9.88. The molecular formula is C12H11N3O2. The number of aromatic nitrogens is 1. The van der Waals surface area contributed by atoms with Gasteiger partial charge in [-0.05, 0) is 24.3 Å². The minimum absolute atomic E-state index is 0.178. The Morgan fingerprint density at radius 1 is 1.24 bits per heavy atom. The summed E-state index contributed by atoms with van der Waals surface area (Å²) in [5.41, 5.74) is 6.83. The van der Waals surface area contributed by atoms with Crippen LogP contribution >= 0.6 is 0 Å². The van der Waals surface area contributed by atoms with Gasteiger partial charge >= 0.3 is 5.97 Å². The van der Waals surface area contributed by atoms with Crippen LogP contribution in [0.4, 0.5) is 17.2 Å². The van der Waals surface area contributed by atoms with Crippen molar-refractivity contribution >= 4 is 23.2 Å². The molecule has 0 bridgehead atoms. The monoisotopic (exact) mass is 229 g/mol. The lowest BCUT2D eigenvalue weighted by Gasteiger charge is -2.09. The van der Waals surface area contributed by atoms with Gasteiger partial charge in [-0.15, -0.1) is 0 Å². The number of pyridine rings is 1. The topological polar surface area (TPSA) is 88.2 Å². The average molecular weight is 229 g/mol. The first-order chi connectivity index (χ1) is 8.18. The van der Waals surface area contributed by atoms with Gasteiger partial charge in [-0.1, -0.05) is 12.1 Å². The summed E-state index contributed by atoms with van der Waals surface area (Å²) in [6.07, 6.45) is 1.59. The van der Waals surface area contributed by atoms with E-state index in [1.165, 1.54) is 6.07 Å². The molecule has 5 nitrogen and oxygen atoms in total. The van der Waals surface area contributed by atoms with E-state index >= 15 is 0 Å². The number of aromatic carboxylic acids is 1. The Morgan fingerprint density at radius 3 is 2.71 bits per heavy atom. The molecule has 0 spiro atoms. The molecule has 0 unspecified atom stereocenters. The van der Waals surface area contributed by atoms with E-state index in [1.807, 2.05) is 0 Å². The molecule has 1 aromatic heterocycles. The quantitative estimate of drug-likeness (QED) is 0.750. The lowest BCUT2D eigenvalue weighted by atomic mass is 10.2. The summed E-state index contributed by atoms with van der Waals surface area (Å²) >= 11 is 0. The minimum atomic E-state index is -0.998.